The van der Waals surface area contributed by atoms with Crippen LogP contribution in [0.15, 0.2) is 42.5 Å². The van der Waals surface area contributed by atoms with E-state index in [0.29, 0.717) is 0 Å². The van der Waals surface area contributed by atoms with Gasteiger partial charge in [0.2, 0.25) is 0 Å². The van der Waals surface area contributed by atoms with Gasteiger partial charge in [0.15, 0.2) is 6.10 Å². The van der Waals surface area contributed by atoms with Gasteiger partial charge in [-0.25, -0.2) is 4.79 Å². The molecule has 0 aliphatic carbocycles. The molecule has 2 aromatic carbocycles. The predicted octanol–water partition coefficient (Wildman–Crippen LogP) is 4.33. The Morgan fingerprint density at radius 2 is 1.79 bits per heavy atom. The second-order valence-corrected chi connectivity index (χ2v) is 5.94. The predicted molar refractivity (Wildman–Crippen MR) is 94.7 cm³/mol. The molecule has 2 aromatic rings. The largest absolute Gasteiger partial charge is 0.573 e. The Hall–Kier alpha value is -3.34. The maximum atomic E-state index is 12.1. The molecule has 2 rings (SSSR count). The zero-order valence-corrected chi connectivity index (χ0v) is 15.3. The summed E-state index contributed by atoms with van der Waals surface area (Å²) in [5, 5.41) is 13.0. The number of anilines is 1. The van der Waals surface area contributed by atoms with Crippen molar-refractivity contribution in [2.75, 3.05) is 5.32 Å². The van der Waals surface area contributed by atoms with Crippen LogP contribution in [0.4, 0.5) is 24.5 Å². The van der Waals surface area contributed by atoms with Gasteiger partial charge in [-0.3, -0.25) is 14.9 Å². The summed E-state index contributed by atoms with van der Waals surface area (Å²) in [4.78, 5) is 34.3. The van der Waals surface area contributed by atoms with E-state index in [1.165, 1.54) is 13.0 Å². The number of halogens is 4. The normalized spacial score (nSPS) is 12.0. The van der Waals surface area contributed by atoms with E-state index in [1.54, 1.807) is 0 Å². The van der Waals surface area contributed by atoms with Crippen LogP contribution in [0.2, 0.25) is 5.02 Å². The highest BCUT2D eigenvalue weighted by molar-refractivity contribution is 6.32. The van der Waals surface area contributed by atoms with Crippen LogP contribution in [0, 0.1) is 10.1 Å². The number of hydrogen-bond donors (Lipinski definition) is 1. The molecule has 0 heterocycles. The lowest BCUT2D eigenvalue weighted by atomic mass is 10.2. The molecular formula is C17H12ClF3N2O6. The Morgan fingerprint density at radius 3 is 2.34 bits per heavy atom. The summed E-state index contributed by atoms with van der Waals surface area (Å²) in [5.41, 5.74) is -0.552. The van der Waals surface area contributed by atoms with E-state index in [-0.39, 0.29) is 16.3 Å². The summed E-state index contributed by atoms with van der Waals surface area (Å²) < 4.78 is 45.0. The topological polar surface area (TPSA) is 108 Å². The van der Waals surface area contributed by atoms with Crippen molar-refractivity contribution in [2.24, 2.45) is 0 Å². The third-order valence-electron chi connectivity index (χ3n) is 3.39. The molecule has 0 aromatic heterocycles. The standard InChI is InChI=1S/C17H12ClF3N2O6/c1-9(28-16(25)10-2-7-13(18)14(8-10)23(26)27)15(24)22-11-3-5-12(6-4-11)29-17(19,20)21/h2-9H,1H3,(H,22,24). The smallest absolute Gasteiger partial charge is 0.449 e. The molecule has 1 amide bonds. The first-order valence-corrected chi connectivity index (χ1v) is 8.15. The molecule has 0 aliphatic rings. The third kappa shape index (κ3) is 6.35. The SMILES string of the molecule is CC(OC(=O)c1ccc(Cl)c([N+](=O)[O-])c1)C(=O)Nc1ccc(OC(F)(F)F)cc1. The molecule has 0 saturated carbocycles. The minimum Gasteiger partial charge on any atom is -0.449 e. The first-order chi connectivity index (χ1) is 13.5. The number of amides is 1. The number of esters is 1. The van der Waals surface area contributed by atoms with Crippen LogP contribution in [0.5, 0.6) is 5.75 Å². The van der Waals surface area contributed by atoms with Crippen molar-refractivity contribution < 1.29 is 37.2 Å². The van der Waals surface area contributed by atoms with Gasteiger partial charge in [-0.15, -0.1) is 13.2 Å². The number of carbonyl (C=O) groups is 2. The number of nitrogens with one attached hydrogen (secondary N) is 1. The molecule has 154 valence electrons. The van der Waals surface area contributed by atoms with Gasteiger partial charge in [0, 0.05) is 11.8 Å². The Morgan fingerprint density at radius 1 is 1.17 bits per heavy atom. The quantitative estimate of drug-likeness (QED) is 0.413. The molecule has 8 nitrogen and oxygen atoms in total. The van der Waals surface area contributed by atoms with Crippen LogP contribution in [-0.2, 0) is 9.53 Å². The van der Waals surface area contributed by atoms with Crippen molar-refractivity contribution in [3.05, 3.63) is 63.2 Å². The van der Waals surface area contributed by atoms with Crippen molar-refractivity contribution in [3.63, 3.8) is 0 Å². The molecule has 0 bridgehead atoms. The summed E-state index contributed by atoms with van der Waals surface area (Å²) in [6, 6.07) is 7.56. The second kappa shape index (κ2) is 8.78. The van der Waals surface area contributed by atoms with Crippen molar-refractivity contribution in [3.8, 4) is 5.75 Å². The summed E-state index contributed by atoms with van der Waals surface area (Å²) in [7, 11) is 0. The molecule has 1 N–H and O–H groups in total. The van der Waals surface area contributed by atoms with E-state index >= 15 is 0 Å². The van der Waals surface area contributed by atoms with E-state index in [1.807, 2.05) is 0 Å². The summed E-state index contributed by atoms with van der Waals surface area (Å²) in [6.07, 6.45) is -6.15. The Bertz CT molecular complexity index is 934. The molecule has 0 aliphatic heterocycles. The lowest BCUT2D eigenvalue weighted by Crippen LogP contribution is -2.30. The van der Waals surface area contributed by atoms with Gasteiger partial charge in [0.25, 0.3) is 11.6 Å². The molecule has 29 heavy (non-hydrogen) atoms. The monoisotopic (exact) mass is 432 g/mol. The number of nitrogens with zero attached hydrogens (tertiary/aromatic N) is 1. The van der Waals surface area contributed by atoms with Gasteiger partial charge in [-0.2, -0.15) is 0 Å². The van der Waals surface area contributed by atoms with Crippen molar-refractivity contribution in [1.29, 1.82) is 0 Å². The molecule has 0 saturated heterocycles. The Kier molecular flexibility index (Phi) is 6.64. The second-order valence-electron chi connectivity index (χ2n) is 5.53. The van der Waals surface area contributed by atoms with Gasteiger partial charge in [0.05, 0.1) is 10.5 Å². The molecular weight excluding hydrogens is 421 g/mol. The molecule has 0 fully saturated rings. The Balaban J connectivity index is 1.99. The minimum atomic E-state index is -4.84. The van der Waals surface area contributed by atoms with Gasteiger partial charge in [0.1, 0.15) is 10.8 Å². The number of benzene rings is 2. The fraction of sp³-hybridized carbons (Fsp3) is 0.176. The number of alkyl halides is 3. The van der Waals surface area contributed by atoms with E-state index < -0.39 is 40.7 Å². The van der Waals surface area contributed by atoms with Gasteiger partial charge >= 0.3 is 12.3 Å². The highest BCUT2D eigenvalue weighted by atomic mass is 35.5. The third-order valence-corrected chi connectivity index (χ3v) is 3.71. The highest BCUT2D eigenvalue weighted by Gasteiger charge is 2.31. The molecule has 1 unspecified atom stereocenters. The van der Waals surface area contributed by atoms with Gasteiger partial charge < -0.3 is 14.8 Å². The summed E-state index contributed by atoms with van der Waals surface area (Å²) >= 11 is 5.66. The average Bonchev–Trinajstić information content (AvgIpc) is 2.62. The molecule has 0 spiro atoms. The van der Waals surface area contributed by atoms with Crippen LogP contribution >= 0.6 is 11.6 Å². The fourth-order valence-electron chi connectivity index (χ4n) is 2.05. The van der Waals surface area contributed by atoms with E-state index in [9.17, 15) is 32.9 Å². The minimum absolute atomic E-state index is 0.134. The average molecular weight is 433 g/mol. The van der Waals surface area contributed by atoms with Crippen LogP contribution in [-0.4, -0.2) is 29.3 Å². The van der Waals surface area contributed by atoms with E-state index in [4.69, 9.17) is 16.3 Å². The number of rotatable bonds is 6. The van der Waals surface area contributed by atoms with Crippen LogP contribution in [0.3, 0.4) is 0 Å². The summed E-state index contributed by atoms with van der Waals surface area (Å²) in [5.74, 6) is -2.24. The van der Waals surface area contributed by atoms with Crippen LogP contribution in [0.25, 0.3) is 0 Å². The number of nitro groups is 1. The van der Waals surface area contributed by atoms with Crippen molar-refractivity contribution in [1.82, 2.24) is 0 Å². The number of ether oxygens (including phenoxy) is 2. The number of carbonyl (C=O) groups excluding carboxylic acids is 2. The molecule has 12 heteroatoms. The first-order valence-electron chi connectivity index (χ1n) is 7.78. The van der Waals surface area contributed by atoms with Crippen LogP contribution < -0.4 is 10.1 Å². The maximum Gasteiger partial charge on any atom is 0.573 e. The zero-order valence-electron chi connectivity index (χ0n) is 14.5. The lowest BCUT2D eigenvalue weighted by Gasteiger charge is -2.14. The van der Waals surface area contributed by atoms with E-state index in [0.717, 1.165) is 36.4 Å². The highest BCUT2D eigenvalue weighted by Crippen LogP contribution is 2.26. The fourth-order valence-corrected chi connectivity index (χ4v) is 2.23. The van der Waals surface area contributed by atoms with Gasteiger partial charge in [-0.05, 0) is 43.3 Å². The van der Waals surface area contributed by atoms with Crippen molar-refractivity contribution in [2.45, 2.75) is 19.4 Å². The number of hydrogen-bond acceptors (Lipinski definition) is 6. The lowest BCUT2D eigenvalue weighted by molar-refractivity contribution is -0.384. The molecule has 0 radical (unpaired) electrons. The van der Waals surface area contributed by atoms with E-state index in [2.05, 4.69) is 10.1 Å². The first kappa shape index (κ1) is 22.0. The van der Waals surface area contributed by atoms with Gasteiger partial charge in [-0.1, -0.05) is 11.6 Å². The van der Waals surface area contributed by atoms with Crippen molar-refractivity contribution >= 4 is 34.9 Å². The zero-order chi connectivity index (χ0) is 21.8. The summed E-state index contributed by atoms with van der Waals surface area (Å²) in [6.45, 7) is 1.25. The maximum absolute atomic E-state index is 12.1. The Labute approximate surface area is 166 Å². The number of nitro benzene ring substituents is 1. The molecule has 1 atom stereocenters. The van der Waals surface area contributed by atoms with Crippen LogP contribution in [0.1, 0.15) is 17.3 Å².